The Morgan fingerprint density at radius 1 is 0.878 bits per heavy atom. The summed E-state index contributed by atoms with van der Waals surface area (Å²) >= 11 is 0. The summed E-state index contributed by atoms with van der Waals surface area (Å²) in [5.74, 6) is -2.51. The van der Waals surface area contributed by atoms with Gasteiger partial charge in [0.2, 0.25) is 17.7 Å². The zero-order valence-electron chi connectivity index (χ0n) is 30.0. The summed E-state index contributed by atoms with van der Waals surface area (Å²) in [6.45, 7) is 16.3. The lowest BCUT2D eigenvalue weighted by Gasteiger charge is -2.35. The number of alkyl carbamates (subject to hydrolysis) is 1. The Labute approximate surface area is 291 Å². The van der Waals surface area contributed by atoms with Gasteiger partial charge in [-0.2, -0.15) is 0 Å². The molecule has 2 aromatic rings. The van der Waals surface area contributed by atoms with Crippen LogP contribution in [0.1, 0.15) is 103 Å². The number of amides is 4. The zero-order chi connectivity index (χ0) is 36.8. The van der Waals surface area contributed by atoms with Crippen LogP contribution in [0.5, 0.6) is 0 Å². The molecule has 0 aliphatic heterocycles. The molecule has 268 valence electrons. The monoisotopic (exact) mass is 678 g/mol. The van der Waals surface area contributed by atoms with Gasteiger partial charge in [-0.1, -0.05) is 81.0 Å². The first-order valence-electron chi connectivity index (χ1n) is 16.8. The predicted molar refractivity (Wildman–Crippen MR) is 190 cm³/mol. The van der Waals surface area contributed by atoms with Crippen LogP contribution < -0.4 is 16.4 Å². The SMILES string of the molecule is C=Cc1cccc(C(C(=O)NC(Cc2ccccc2)C(=O)OC(C)(C)C)N(CCCCC)C(=O)C(CCC(N)=O)NC(=O)OC(C)(C)C)c1. The molecule has 0 heterocycles. The van der Waals surface area contributed by atoms with Crippen molar-refractivity contribution in [2.45, 2.75) is 116 Å². The van der Waals surface area contributed by atoms with Crippen LogP contribution >= 0.6 is 0 Å². The lowest BCUT2D eigenvalue weighted by molar-refractivity contribution is -0.159. The maximum atomic E-state index is 14.6. The quantitative estimate of drug-likeness (QED) is 0.145. The van der Waals surface area contributed by atoms with E-state index in [-0.39, 0.29) is 25.8 Å². The summed E-state index contributed by atoms with van der Waals surface area (Å²) in [4.78, 5) is 68.8. The third-order valence-corrected chi connectivity index (χ3v) is 7.27. The number of hydrogen-bond donors (Lipinski definition) is 3. The first-order chi connectivity index (χ1) is 22.9. The van der Waals surface area contributed by atoms with Gasteiger partial charge in [0.25, 0.3) is 0 Å². The number of esters is 1. The second-order valence-electron chi connectivity index (χ2n) is 14.0. The average Bonchev–Trinajstić information content (AvgIpc) is 3.00. The molecule has 2 aromatic carbocycles. The smallest absolute Gasteiger partial charge is 0.408 e. The number of carbonyl (C=O) groups is 5. The van der Waals surface area contributed by atoms with E-state index >= 15 is 0 Å². The predicted octanol–water partition coefficient (Wildman–Crippen LogP) is 5.62. The van der Waals surface area contributed by atoms with Crippen LogP contribution in [-0.4, -0.2) is 64.5 Å². The number of ether oxygens (including phenoxy) is 2. The molecule has 4 N–H and O–H groups in total. The molecular weight excluding hydrogens is 624 g/mol. The number of unbranched alkanes of at least 4 members (excludes halogenated alkanes) is 2. The summed E-state index contributed by atoms with van der Waals surface area (Å²) in [7, 11) is 0. The van der Waals surface area contributed by atoms with Crippen molar-refractivity contribution in [3.05, 3.63) is 77.9 Å². The van der Waals surface area contributed by atoms with E-state index in [2.05, 4.69) is 17.2 Å². The van der Waals surface area contributed by atoms with Crippen molar-refractivity contribution in [1.29, 1.82) is 0 Å². The summed E-state index contributed by atoms with van der Waals surface area (Å²) in [6.07, 6.45) is 2.73. The van der Waals surface area contributed by atoms with E-state index in [1.54, 1.807) is 65.8 Å². The number of benzene rings is 2. The third-order valence-electron chi connectivity index (χ3n) is 7.27. The molecule has 3 unspecified atom stereocenters. The number of nitrogens with one attached hydrogen (secondary N) is 2. The Kier molecular flexibility index (Phi) is 15.5. The maximum Gasteiger partial charge on any atom is 0.408 e. The second kappa shape index (κ2) is 18.8. The van der Waals surface area contributed by atoms with Gasteiger partial charge in [0.05, 0.1) is 0 Å². The van der Waals surface area contributed by atoms with Crippen molar-refractivity contribution in [1.82, 2.24) is 15.5 Å². The first-order valence-corrected chi connectivity index (χ1v) is 16.8. The Bertz CT molecular complexity index is 1430. The minimum absolute atomic E-state index is 0.118. The topological polar surface area (TPSA) is 157 Å². The zero-order valence-corrected chi connectivity index (χ0v) is 30.0. The Balaban J connectivity index is 2.68. The molecule has 3 atom stereocenters. The van der Waals surface area contributed by atoms with E-state index in [9.17, 15) is 24.0 Å². The molecule has 0 fully saturated rings. The van der Waals surface area contributed by atoms with Crippen molar-refractivity contribution < 1.29 is 33.4 Å². The molecule has 0 saturated heterocycles. The van der Waals surface area contributed by atoms with E-state index < -0.39 is 59.1 Å². The number of rotatable bonds is 17. The molecule has 0 spiro atoms. The molecule has 4 amide bonds. The van der Waals surface area contributed by atoms with E-state index in [0.717, 1.165) is 18.4 Å². The number of primary amides is 1. The van der Waals surface area contributed by atoms with Crippen LogP contribution in [0.2, 0.25) is 0 Å². The summed E-state index contributed by atoms with van der Waals surface area (Å²) in [5.41, 5.74) is 5.74. The maximum absolute atomic E-state index is 14.6. The highest BCUT2D eigenvalue weighted by molar-refractivity contribution is 5.94. The second-order valence-corrected chi connectivity index (χ2v) is 14.0. The molecule has 0 radical (unpaired) electrons. The lowest BCUT2D eigenvalue weighted by Crippen LogP contribution is -2.55. The molecule has 0 aliphatic carbocycles. The molecule has 2 rings (SSSR count). The van der Waals surface area contributed by atoms with Gasteiger partial charge in [-0.3, -0.25) is 14.4 Å². The van der Waals surface area contributed by atoms with Gasteiger partial charge in [-0.25, -0.2) is 9.59 Å². The van der Waals surface area contributed by atoms with Gasteiger partial charge in [-0.15, -0.1) is 0 Å². The van der Waals surface area contributed by atoms with Crippen molar-refractivity contribution in [2.24, 2.45) is 5.73 Å². The number of carbonyl (C=O) groups excluding carboxylic acids is 5. The summed E-state index contributed by atoms with van der Waals surface area (Å²) in [5, 5.41) is 5.49. The standard InChI is InChI=1S/C38H54N4O7/c1-9-11-15-23-42(34(45)29(21-22-31(39)43)41-36(47)49-38(6,7)8)32(28-20-16-19-26(10-2)24-28)33(44)40-30(35(46)48-37(3,4)5)25-27-17-13-12-14-18-27/h10,12-14,16-20,24,29-30,32H,2,9,11,15,21-23,25H2,1,3-8H3,(H2,39,43)(H,40,44)(H,41,47). The molecule has 11 nitrogen and oxygen atoms in total. The molecule has 49 heavy (non-hydrogen) atoms. The van der Waals surface area contributed by atoms with Crippen molar-refractivity contribution in [2.75, 3.05) is 6.54 Å². The fourth-order valence-corrected chi connectivity index (χ4v) is 5.09. The van der Waals surface area contributed by atoms with Gasteiger partial charge < -0.3 is 30.7 Å². The van der Waals surface area contributed by atoms with Gasteiger partial charge in [0.15, 0.2) is 0 Å². The number of nitrogens with zero attached hydrogens (tertiary/aromatic N) is 1. The van der Waals surface area contributed by atoms with Gasteiger partial charge in [-0.05, 0) is 77.1 Å². The van der Waals surface area contributed by atoms with Crippen LogP contribution in [0.25, 0.3) is 6.08 Å². The Morgan fingerprint density at radius 2 is 1.53 bits per heavy atom. The highest BCUT2D eigenvalue weighted by Crippen LogP contribution is 2.26. The van der Waals surface area contributed by atoms with E-state index in [4.69, 9.17) is 15.2 Å². The Morgan fingerprint density at radius 3 is 2.10 bits per heavy atom. The lowest BCUT2D eigenvalue weighted by atomic mass is 9.98. The number of nitrogens with two attached hydrogens (primary N) is 1. The van der Waals surface area contributed by atoms with Crippen LogP contribution in [0.3, 0.4) is 0 Å². The van der Waals surface area contributed by atoms with Crippen LogP contribution in [0.15, 0.2) is 61.2 Å². The van der Waals surface area contributed by atoms with E-state index in [1.165, 1.54) is 4.90 Å². The van der Waals surface area contributed by atoms with E-state index in [0.29, 0.717) is 17.5 Å². The molecular formula is C38H54N4O7. The molecule has 0 saturated carbocycles. The number of hydrogen-bond acceptors (Lipinski definition) is 7. The van der Waals surface area contributed by atoms with Gasteiger partial charge in [0.1, 0.15) is 29.3 Å². The minimum Gasteiger partial charge on any atom is -0.458 e. The third kappa shape index (κ3) is 14.5. The van der Waals surface area contributed by atoms with Gasteiger partial charge in [0, 0.05) is 19.4 Å². The molecule has 11 heteroatoms. The van der Waals surface area contributed by atoms with Crippen molar-refractivity contribution in [3.63, 3.8) is 0 Å². The largest absolute Gasteiger partial charge is 0.458 e. The summed E-state index contributed by atoms with van der Waals surface area (Å²) in [6, 6.07) is 12.7. The van der Waals surface area contributed by atoms with Crippen LogP contribution in [0, 0.1) is 0 Å². The van der Waals surface area contributed by atoms with Crippen LogP contribution in [0.4, 0.5) is 4.79 Å². The minimum atomic E-state index is -1.24. The molecule has 0 aromatic heterocycles. The molecule has 0 aliphatic rings. The highest BCUT2D eigenvalue weighted by Gasteiger charge is 2.38. The fourth-order valence-electron chi connectivity index (χ4n) is 5.09. The highest BCUT2D eigenvalue weighted by atomic mass is 16.6. The fraction of sp³-hybridized carbons (Fsp3) is 0.500. The van der Waals surface area contributed by atoms with E-state index in [1.807, 2.05) is 43.3 Å². The van der Waals surface area contributed by atoms with Crippen molar-refractivity contribution >= 4 is 35.9 Å². The molecule has 0 bridgehead atoms. The average molecular weight is 679 g/mol. The van der Waals surface area contributed by atoms with Crippen molar-refractivity contribution in [3.8, 4) is 0 Å². The Hall–Kier alpha value is -4.67. The first kappa shape index (κ1) is 40.5. The van der Waals surface area contributed by atoms with Crippen LogP contribution in [-0.2, 0) is 35.1 Å². The normalized spacial score (nSPS) is 13.3. The summed E-state index contributed by atoms with van der Waals surface area (Å²) < 4.78 is 11.1. The van der Waals surface area contributed by atoms with Gasteiger partial charge >= 0.3 is 12.1 Å².